The topological polar surface area (TPSA) is 104 Å². The molecule has 0 radical (unpaired) electrons. The summed E-state index contributed by atoms with van der Waals surface area (Å²) in [6.45, 7) is 0.621. The van der Waals surface area contributed by atoms with Gasteiger partial charge in [0.15, 0.2) is 0 Å². The molecule has 1 N–H and O–H groups in total. The van der Waals surface area contributed by atoms with Gasteiger partial charge in [0.05, 0.1) is 16.5 Å². The number of carbonyl (C=O) groups is 1. The van der Waals surface area contributed by atoms with E-state index in [0.29, 0.717) is 24.2 Å². The molecular formula is C26H27Cl2N3O5S2. The van der Waals surface area contributed by atoms with Crippen LogP contribution in [0.15, 0.2) is 82.6 Å². The quantitative estimate of drug-likeness (QED) is 0.376. The molecule has 3 aromatic carbocycles. The third-order valence-corrected chi connectivity index (χ3v) is 10.6. The zero-order valence-corrected chi connectivity index (χ0v) is 23.5. The fraction of sp³-hybridized carbons (Fsp3) is 0.269. The van der Waals surface area contributed by atoms with Gasteiger partial charge in [-0.25, -0.2) is 16.8 Å². The number of nitrogens with zero attached hydrogens (tertiary/aromatic N) is 2. The summed E-state index contributed by atoms with van der Waals surface area (Å²) in [7, 11) is -7.71. The van der Waals surface area contributed by atoms with Crippen LogP contribution in [-0.2, 0) is 37.9 Å². The Morgan fingerprint density at radius 2 is 1.53 bits per heavy atom. The van der Waals surface area contributed by atoms with Crippen LogP contribution in [-0.4, -0.2) is 51.0 Å². The van der Waals surface area contributed by atoms with Crippen LogP contribution >= 0.6 is 23.2 Å². The summed E-state index contributed by atoms with van der Waals surface area (Å²) in [4.78, 5) is 12.9. The number of benzene rings is 3. The van der Waals surface area contributed by atoms with E-state index < -0.39 is 32.5 Å². The van der Waals surface area contributed by atoms with E-state index in [1.165, 1.54) is 34.6 Å². The van der Waals surface area contributed by atoms with Gasteiger partial charge in [-0.1, -0.05) is 65.7 Å². The molecule has 1 saturated heterocycles. The second-order valence-corrected chi connectivity index (χ2v) is 13.6. The fourth-order valence-corrected chi connectivity index (χ4v) is 7.74. The Bertz CT molecular complexity index is 1490. The first-order valence-corrected chi connectivity index (χ1v) is 15.6. The minimum atomic E-state index is -4.18. The van der Waals surface area contributed by atoms with E-state index in [1.807, 2.05) is 6.07 Å². The van der Waals surface area contributed by atoms with Crippen LogP contribution in [0.25, 0.3) is 0 Å². The lowest BCUT2D eigenvalue weighted by atomic mass is 10.2. The highest BCUT2D eigenvalue weighted by Gasteiger charge is 2.30. The Kier molecular flexibility index (Phi) is 9.12. The van der Waals surface area contributed by atoms with Gasteiger partial charge in [0.1, 0.15) is 4.90 Å². The van der Waals surface area contributed by atoms with E-state index in [1.54, 1.807) is 36.4 Å². The minimum absolute atomic E-state index is 0.00292. The number of hydrogen-bond donors (Lipinski definition) is 1. The van der Waals surface area contributed by atoms with Crippen LogP contribution in [0, 0.1) is 0 Å². The molecule has 12 heteroatoms. The van der Waals surface area contributed by atoms with Gasteiger partial charge in [0.2, 0.25) is 26.0 Å². The number of rotatable bonds is 10. The lowest BCUT2D eigenvalue weighted by Crippen LogP contribution is -2.40. The zero-order valence-electron chi connectivity index (χ0n) is 20.4. The summed E-state index contributed by atoms with van der Waals surface area (Å²) in [5.74, 6) is -0.531. The summed E-state index contributed by atoms with van der Waals surface area (Å²) < 4.78 is 54.9. The molecule has 1 aliphatic heterocycles. The second-order valence-electron chi connectivity index (χ2n) is 8.87. The third kappa shape index (κ3) is 6.74. The third-order valence-electron chi connectivity index (χ3n) is 6.15. The molecule has 1 aliphatic rings. The molecule has 1 heterocycles. The van der Waals surface area contributed by atoms with E-state index in [9.17, 15) is 21.6 Å². The molecule has 0 aromatic heterocycles. The van der Waals surface area contributed by atoms with Crippen LogP contribution in [0.4, 0.5) is 0 Å². The van der Waals surface area contributed by atoms with Gasteiger partial charge in [-0.05, 0) is 54.3 Å². The van der Waals surface area contributed by atoms with Crippen molar-refractivity contribution in [1.29, 1.82) is 0 Å². The first-order valence-electron chi connectivity index (χ1n) is 11.9. The molecule has 8 nitrogen and oxygen atoms in total. The molecule has 4 rings (SSSR count). The highest BCUT2D eigenvalue weighted by molar-refractivity contribution is 7.89. The van der Waals surface area contributed by atoms with Crippen molar-refractivity contribution in [1.82, 2.24) is 13.9 Å². The van der Waals surface area contributed by atoms with Crippen molar-refractivity contribution in [3.8, 4) is 0 Å². The van der Waals surface area contributed by atoms with Crippen molar-refractivity contribution >= 4 is 49.2 Å². The number of carbonyl (C=O) groups excluding carboxylic acids is 1. The SMILES string of the molecule is O=C(CN(Cc1ccccc1)S(=O)(=O)c1cc(Cl)ccc1Cl)NCc1ccc(S(=O)(=O)N2CCCC2)cc1. The van der Waals surface area contributed by atoms with Crippen LogP contribution in [0.1, 0.15) is 24.0 Å². The van der Waals surface area contributed by atoms with Gasteiger partial charge in [-0.2, -0.15) is 8.61 Å². The van der Waals surface area contributed by atoms with Crippen LogP contribution < -0.4 is 5.32 Å². The van der Waals surface area contributed by atoms with Crippen molar-refractivity contribution in [3.63, 3.8) is 0 Å². The molecule has 202 valence electrons. The van der Waals surface area contributed by atoms with Gasteiger partial charge >= 0.3 is 0 Å². The van der Waals surface area contributed by atoms with Crippen LogP contribution in [0.5, 0.6) is 0 Å². The molecule has 38 heavy (non-hydrogen) atoms. The van der Waals surface area contributed by atoms with E-state index >= 15 is 0 Å². The molecule has 1 fully saturated rings. The van der Waals surface area contributed by atoms with Crippen molar-refractivity contribution in [3.05, 3.63) is 94.0 Å². The van der Waals surface area contributed by atoms with Gasteiger partial charge in [-0.15, -0.1) is 0 Å². The van der Waals surface area contributed by atoms with Crippen molar-refractivity contribution < 1.29 is 21.6 Å². The Balaban J connectivity index is 1.47. The first kappa shape index (κ1) is 28.5. The van der Waals surface area contributed by atoms with Crippen molar-refractivity contribution in [2.45, 2.75) is 35.7 Å². The monoisotopic (exact) mass is 595 g/mol. The lowest BCUT2D eigenvalue weighted by molar-refractivity contribution is -0.121. The fourth-order valence-electron chi connectivity index (χ4n) is 4.10. The normalized spacial score (nSPS) is 14.6. The molecule has 0 spiro atoms. The summed E-state index contributed by atoms with van der Waals surface area (Å²) in [6, 6.07) is 19.3. The van der Waals surface area contributed by atoms with E-state index in [4.69, 9.17) is 23.2 Å². The number of nitrogens with one attached hydrogen (secondary N) is 1. The van der Waals surface area contributed by atoms with Gasteiger partial charge in [0.25, 0.3) is 0 Å². The Morgan fingerprint density at radius 1 is 0.868 bits per heavy atom. The average molecular weight is 597 g/mol. The summed E-state index contributed by atoms with van der Waals surface area (Å²) in [5, 5.41) is 2.91. The number of amides is 1. The largest absolute Gasteiger partial charge is 0.351 e. The van der Waals surface area contributed by atoms with Crippen molar-refractivity contribution in [2.75, 3.05) is 19.6 Å². The van der Waals surface area contributed by atoms with Gasteiger partial charge < -0.3 is 5.32 Å². The molecule has 1 amide bonds. The van der Waals surface area contributed by atoms with Gasteiger partial charge in [-0.3, -0.25) is 4.79 Å². The first-order chi connectivity index (χ1) is 18.1. The van der Waals surface area contributed by atoms with Crippen LogP contribution in [0.3, 0.4) is 0 Å². The average Bonchev–Trinajstić information content (AvgIpc) is 3.45. The van der Waals surface area contributed by atoms with Crippen molar-refractivity contribution in [2.24, 2.45) is 0 Å². The number of halogens is 2. The molecular weight excluding hydrogens is 569 g/mol. The highest BCUT2D eigenvalue weighted by atomic mass is 35.5. The molecule has 3 aromatic rings. The smallest absolute Gasteiger partial charge is 0.245 e. The molecule has 0 aliphatic carbocycles. The van der Waals surface area contributed by atoms with Gasteiger partial charge in [0, 0.05) is 31.2 Å². The second kappa shape index (κ2) is 12.1. The van der Waals surface area contributed by atoms with Crippen LogP contribution in [0.2, 0.25) is 10.0 Å². The predicted octanol–water partition coefficient (Wildman–Crippen LogP) is 4.29. The standard InChI is InChI=1S/C26H27Cl2N3O5S2/c27-22-10-13-24(28)25(16-22)38(35,36)31(18-21-6-2-1-3-7-21)19-26(32)29-17-20-8-11-23(12-9-20)37(33,34)30-14-4-5-15-30/h1-3,6-13,16H,4-5,14-15,17-19H2,(H,29,32). The maximum absolute atomic E-state index is 13.5. The Labute approximate surface area is 233 Å². The maximum atomic E-state index is 13.5. The molecule has 0 bridgehead atoms. The summed E-state index contributed by atoms with van der Waals surface area (Å²) in [5.41, 5.74) is 1.37. The van der Waals surface area contributed by atoms with E-state index in [2.05, 4.69) is 5.32 Å². The molecule has 0 atom stereocenters. The summed E-state index contributed by atoms with van der Waals surface area (Å²) in [6.07, 6.45) is 1.70. The van der Waals surface area contributed by atoms with E-state index in [0.717, 1.165) is 17.1 Å². The van der Waals surface area contributed by atoms with E-state index in [-0.39, 0.29) is 32.9 Å². The number of sulfonamides is 2. The minimum Gasteiger partial charge on any atom is -0.351 e. The predicted molar refractivity (Wildman–Crippen MR) is 147 cm³/mol. The zero-order chi connectivity index (χ0) is 27.3. The lowest BCUT2D eigenvalue weighted by Gasteiger charge is -2.23. The number of hydrogen-bond acceptors (Lipinski definition) is 5. The Morgan fingerprint density at radius 3 is 2.18 bits per heavy atom. The highest BCUT2D eigenvalue weighted by Crippen LogP contribution is 2.28. The Hall–Kier alpha value is -2.47. The molecule has 0 unspecified atom stereocenters. The maximum Gasteiger partial charge on any atom is 0.245 e. The molecule has 0 saturated carbocycles. The summed E-state index contributed by atoms with van der Waals surface area (Å²) >= 11 is 12.2.